The van der Waals surface area contributed by atoms with E-state index in [1.54, 1.807) is 7.11 Å². The molecule has 0 spiro atoms. The Balaban J connectivity index is 2.20. The van der Waals surface area contributed by atoms with Crippen molar-refractivity contribution in [1.82, 2.24) is 0 Å². The van der Waals surface area contributed by atoms with Gasteiger partial charge in [0, 0.05) is 5.02 Å². The molecule has 2 aromatic rings. The maximum Gasteiger partial charge on any atom is 0.122 e. The van der Waals surface area contributed by atoms with E-state index in [9.17, 15) is 0 Å². The summed E-state index contributed by atoms with van der Waals surface area (Å²) in [7, 11) is 1.68. The lowest BCUT2D eigenvalue weighted by molar-refractivity contribution is 0.409. The number of hydrogen-bond donors (Lipinski definition) is 0. The second-order valence-electron chi connectivity index (χ2n) is 4.49. The number of hydrogen-bond acceptors (Lipinski definition) is 1. The van der Waals surface area contributed by atoms with Crippen molar-refractivity contribution < 1.29 is 4.74 Å². The number of rotatable bonds is 4. The molecular weight excluding hydrogens is 279 g/mol. The highest BCUT2D eigenvalue weighted by Gasteiger charge is 2.12. The molecule has 0 aliphatic rings. The maximum atomic E-state index is 6.50. The smallest absolute Gasteiger partial charge is 0.122 e. The lowest BCUT2D eigenvalue weighted by Gasteiger charge is -2.14. The minimum Gasteiger partial charge on any atom is -0.496 e. The van der Waals surface area contributed by atoms with Crippen LogP contribution in [-0.4, -0.2) is 7.11 Å². The Labute approximate surface area is 124 Å². The average molecular weight is 295 g/mol. The first kappa shape index (κ1) is 14.2. The lowest BCUT2D eigenvalue weighted by Crippen LogP contribution is -1.99. The van der Waals surface area contributed by atoms with Crippen LogP contribution in [0.2, 0.25) is 5.02 Å². The fourth-order valence-electron chi connectivity index (χ4n) is 2.05. The molecular formula is C16H16Cl2O. The van der Waals surface area contributed by atoms with Crippen molar-refractivity contribution >= 4 is 23.2 Å². The van der Waals surface area contributed by atoms with E-state index in [2.05, 4.69) is 0 Å². The second kappa shape index (κ2) is 6.31. The summed E-state index contributed by atoms with van der Waals surface area (Å²) < 4.78 is 5.35. The first-order valence-electron chi connectivity index (χ1n) is 6.14. The van der Waals surface area contributed by atoms with Crippen molar-refractivity contribution in [3.63, 3.8) is 0 Å². The topological polar surface area (TPSA) is 9.23 Å². The molecule has 0 saturated carbocycles. The van der Waals surface area contributed by atoms with Crippen LogP contribution < -0.4 is 4.74 Å². The molecule has 0 bridgehead atoms. The van der Waals surface area contributed by atoms with Gasteiger partial charge in [-0.05, 0) is 42.2 Å². The van der Waals surface area contributed by atoms with E-state index in [1.165, 1.54) is 0 Å². The maximum absolute atomic E-state index is 6.50. The first-order chi connectivity index (χ1) is 9.11. The molecule has 0 amide bonds. The minimum absolute atomic E-state index is 0.0905. The zero-order chi connectivity index (χ0) is 13.8. The molecule has 1 nitrogen and oxygen atoms in total. The van der Waals surface area contributed by atoms with Gasteiger partial charge < -0.3 is 4.74 Å². The van der Waals surface area contributed by atoms with Gasteiger partial charge in [-0.2, -0.15) is 0 Å². The number of benzene rings is 2. The standard InChI is InChI=1S/C16H16Cl2O/c1-11-9-12(7-8-14(11)17)15(18)10-13-5-3-4-6-16(13)19-2/h3-9,15H,10H2,1-2H3. The van der Waals surface area contributed by atoms with Gasteiger partial charge in [-0.3, -0.25) is 0 Å². The second-order valence-corrected chi connectivity index (χ2v) is 5.43. The minimum atomic E-state index is -0.0905. The van der Waals surface area contributed by atoms with Gasteiger partial charge in [0.25, 0.3) is 0 Å². The van der Waals surface area contributed by atoms with Crippen LogP contribution in [0.15, 0.2) is 42.5 Å². The zero-order valence-electron chi connectivity index (χ0n) is 11.0. The van der Waals surface area contributed by atoms with E-state index in [0.717, 1.165) is 33.9 Å². The molecule has 100 valence electrons. The number of para-hydroxylation sites is 1. The van der Waals surface area contributed by atoms with E-state index < -0.39 is 0 Å². The third-order valence-electron chi connectivity index (χ3n) is 3.14. The van der Waals surface area contributed by atoms with Crippen molar-refractivity contribution in [2.75, 3.05) is 7.11 Å². The van der Waals surface area contributed by atoms with E-state index in [-0.39, 0.29) is 5.38 Å². The average Bonchev–Trinajstić information content (AvgIpc) is 2.42. The molecule has 2 rings (SSSR count). The van der Waals surface area contributed by atoms with Crippen molar-refractivity contribution in [2.24, 2.45) is 0 Å². The van der Waals surface area contributed by atoms with Gasteiger partial charge in [-0.1, -0.05) is 41.9 Å². The number of halogens is 2. The van der Waals surface area contributed by atoms with Crippen LogP contribution in [-0.2, 0) is 6.42 Å². The number of aryl methyl sites for hydroxylation is 1. The van der Waals surface area contributed by atoms with Gasteiger partial charge in [0.05, 0.1) is 12.5 Å². The number of ether oxygens (including phenoxy) is 1. The Bertz CT molecular complexity index is 566. The Hall–Kier alpha value is -1.18. The third kappa shape index (κ3) is 3.43. The van der Waals surface area contributed by atoms with Crippen molar-refractivity contribution in [3.05, 3.63) is 64.2 Å². The summed E-state index contributed by atoms with van der Waals surface area (Å²) in [4.78, 5) is 0. The molecule has 1 atom stereocenters. The molecule has 19 heavy (non-hydrogen) atoms. The van der Waals surface area contributed by atoms with Gasteiger partial charge in [0.15, 0.2) is 0 Å². The summed E-state index contributed by atoms with van der Waals surface area (Å²) in [5, 5.41) is 0.678. The van der Waals surface area contributed by atoms with Gasteiger partial charge in [-0.15, -0.1) is 11.6 Å². The fourth-order valence-corrected chi connectivity index (χ4v) is 2.46. The zero-order valence-corrected chi connectivity index (χ0v) is 12.5. The van der Waals surface area contributed by atoms with E-state index >= 15 is 0 Å². The molecule has 3 heteroatoms. The van der Waals surface area contributed by atoms with Gasteiger partial charge >= 0.3 is 0 Å². The summed E-state index contributed by atoms with van der Waals surface area (Å²) >= 11 is 12.5. The Morgan fingerprint density at radius 2 is 1.89 bits per heavy atom. The summed E-state index contributed by atoms with van der Waals surface area (Å²) in [5.41, 5.74) is 3.23. The van der Waals surface area contributed by atoms with Crippen LogP contribution in [0.5, 0.6) is 5.75 Å². The summed E-state index contributed by atoms with van der Waals surface area (Å²) in [6.07, 6.45) is 0.729. The molecule has 0 aromatic heterocycles. The highest BCUT2D eigenvalue weighted by Crippen LogP contribution is 2.30. The molecule has 0 heterocycles. The van der Waals surface area contributed by atoms with Gasteiger partial charge in [0.2, 0.25) is 0 Å². The van der Waals surface area contributed by atoms with Gasteiger partial charge in [0.1, 0.15) is 5.75 Å². The van der Waals surface area contributed by atoms with Crippen LogP contribution in [0, 0.1) is 6.92 Å². The molecule has 0 fully saturated rings. The molecule has 1 unspecified atom stereocenters. The summed E-state index contributed by atoms with van der Waals surface area (Å²) in [5.74, 6) is 0.874. The Morgan fingerprint density at radius 1 is 1.16 bits per heavy atom. The first-order valence-corrected chi connectivity index (χ1v) is 6.95. The van der Waals surface area contributed by atoms with E-state index in [4.69, 9.17) is 27.9 Å². The van der Waals surface area contributed by atoms with Gasteiger partial charge in [-0.25, -0.2) is 0 Å². The molecule has 2 aromatic carbocycles. The molecule has 0 aliphatic carbocycles. The Morgan fingerprint density at radius 3 is 2.58 bits per heavy atom. The summed E-state index contributed by atoms with van der Waals surface area (Å²) in [6, 6.07) is 13.8. The van der Waals surface area contributed by atoms with Crippen molar-refractivity contribution in [1.29, 1.82) is 0 Å². The highest BCUT2D eigenvalue weighted by atomic mass is 35.5. The number of methoxy groups -OCH3 is 1. The van der Waals surface area contributed by atoms with Crippen molar-refractivity contribution in [3.8, 4) is 5.75 Å². The largest absolute Gasteiger partial charge is 0.496 e. The van der Waals surface area contributed by atoms with Crippen LogP contribution in [0.3, 0.4) is 0 Å². The molecule has 0 radical (unpaired) electrons. The normalized spacial score (nSPS) is 12.2. The van der Waals surface area contributed by atoms with Crippen molar-refractivity contribution in [2.45, 2.75) is 18.7 Å². The highest BCUT2D eigenvalue weighted by molar-refractivity contribution is 6.31. The third-order valence-corrected chi connectivity index (χ3v) is 3.97. The van der Waals surface area contributed by atoms with Crippen LogP contribution in [0.1, 0.15) is 22.1 Å². The van der Waals surface area contributed by atoms with E-state index in [1.807, 2.05) is 49.4 Å². The SMILES string of the molecule is COc1ccccc1CC(Cl)c1ccc(Cl)c(C)c1. The molecule has 0 aliphatic heterocycles. The monoisotopic (exact) mass is 294 g/mol. The predicted molar refractivity (Wildman–Crippen MR) is 81.5 cm³/mol. The number of alkyl halides is 1. The molecule has 0 N–H and O–H groups in total. The predicted octanol–water partition coefficient (Wildman–Crippen LogP) is 5.18. The van der Waals surface area contributed by atoms with Crippen LogP contribution in [0.4, 0.5) is 0 Å². The van der Waals surface area contributed by atoms with E-state index in [0.29, 0.717) is 0 Å². The lowest BCUT2D eigenvalue weighted by atomic mass is 10.0. The quantitative estimate of drug-likeness (QED) is 0.706. The van der Waals surface area contributed by atoms with Crippen LogP contribution >= 0.6 is 23.2 Å². The Kier molecular flexibility index (Phi) is 4.73. The fraction of sp³-hybridized carbons (Fsp3) is 0.250. The molecule has 0 saturated heterocycles. The summed E-state index contributed by atoms with van der Waals surface area (Å²) in [6.45, 7) is 1.98. The van der Waals surface area contributed by atoms with Crippen LogP contribution in [0.25, 0.3) is 0 Å².